The number of rotatable bonds is 2. The van der Waals surface area contributed by atoms with Gasteiger partial charge in [-0.25, -0.2) is 4.98 Å². The Morgan fingerprint density at radius 1 is 1.22 bits per heavy atom. The van der Waals surface area contributed by atoms with Gasteiger partial charge >= 0.3 is 0 Å². The molecule has 0 fully saturated rings. The summed E-state index contributed by atoms with van der Waals surface area (Å²) in [5.74, 6) is -0.150. The smallest absolute Gasteiger partial charge is 0.256 e. The molecule has 0 bridgehead atoms. The molecule has 0 spiro atoms. The van der Waals surface area contributed by atoms with Gasteiger partial charge in [-0.3, -0.25) is 4.79 Å². The Morgan fingerprint density at radius 2 is 2.00 bits per heavy atom. The van der Waals surface area contributed by atoms with Gasteiger partial charge in [0, 0.05) is 16.2 Å². The van der Waals surface area contributed by atoms with Crippen LogP contribution < -0.4 is 5.32 Å². The molecule has 0 saturated carbocycles. The second kappa shape index (κ2) is 5.63. The Hall–Kier alpha value is -1.20. The number of nitrogens with zero attached hydrogens (tertiary/aromatic N) is 1. The molecule has 1 amide bonds. The Kier molecular flexibility index (Phi) is 4.14. The van der Waals surface area contributed by atoms with Crippen molar-refractivity contribution in [1.82, 2.24) is 4.98 Å². The van der Waals surface area contributed by atoms with Gasteiger partial charge in [-0.15, -0.1) is 0 Å². The fourth-order valence-corrected chi connectivity index (χ4v) is 2.24. The first-order valence-electron chi connectivity index (χ1n) is 5.26. The predicted molar refractivity (Wildman–Crippen MR) is 78.8 cm³/mol. The summed E-state index contributed by atoms with van der Waals surface area (Å²) in [6.07, 6.45) is 1.66. The van der Waals surface area contributed by atoms with Gasteiger partial charge < -0.3 is 5.32 Å². The van der Waals surface area contributed by atoms with E-state index in [0.717, 1.165) is 10.0 Å². The van der Waals surface area contributed by atoms with E-state index >= 15 is 0 Å². The lowest BCUT2D eigenvalue weighted by molar-refractivity contribution is 0.102. The molecule has 5 heteroatoms. The van der Waals surface area contributed by atoms with Crippen LogP contribution in [0, 0.1) is 6.92 Å². The van der Waals surface area contributed by atoms with Crippen LogP contribution in [-0.4, -0.2) is 10.9 Å². The van der Waals surface area contributed by atoms with Gasteiger partial charge in [0.15, 0.2) is 0 Å². The van der Waals surface area contributed by atoms with Crippen LogP contribution >= 0.6 is 31.9 Å². The summed E-state index contributed by atoms with van der Waals surface area (Å²) < 4.78 is 1.53. The van der Waals surface area contributed by atoms with Crippen molar-refractivity contribution in [1.29, 1.82) is 0 Å². The van der Waals surface area contributed by atoms with Crippen molar-refractivity contribution >= 4 is 43.5 Å². The molecule has 92 valence electrons. The molecule has 0 radical (unpaired) electrons. The largest absolute Gasteiger partial charge is 0.320 e. The highest BCUT2D eigenvalue weighted by molar-refractivity contribution is 9.10. The summed E-state index contributed by atoms with van der Waals surface area (Å²) in [7, 11) is 0. The first kappa shape index (κ1) is 13.2. The molecule has 0 saturated heterocycles. The van der Waals surface area contributed by atoms with E-state index in [0.29, 0.717) is 15.9 Å². The van der Waals surface area contributed by atoms with Crippen molar-refractivity contribution in [2.45, 2.75) is 6.92 Å². The molecule has 0 aliphatic rings. The van der Waals surface area contributed by atoms with E-state index in [1.807, 2.05) is 19.1 Å². The fraction of sp³-hybridized carbons (Fsp3) is 0.0769. The van der Waals surface area contributed by atoms with Gasteiger partial charge in [-0.2, -0.15) is 0 Å². The minimum absolute atomic E-state index is 0.150. The maximum Gasteiger partial charge on any atom is 0.256 e. The number of amides is 1. The third-order valence-electron chi connectivity index (χ3n) is 2.52. The highest BCUT2D eigenvalue weighted by Gasteiger charge is 2.12. The van der Waals surface area contributed by atoms with E-state index in [4.69, 9.17) is 0 Å². The number of benzene rings is 1. The normalized spacial score (nSPS) is 10.2. The van der Waals surface area contributed by atoms with E-state index < -0.39 is 0 Å². The number of nitrogens with one attached hydrogen (secondary N) is 1. The lowest BCUT2D eigenvalue weighted by Crippen LogP contribution is -2.14. The van der Waals surface area contributed by atoms with E-state index in [2.05, 4.69) is 42.2 Å². The Labute approximate surface area is 122 Å². The average Bonchev–Trinajstić information content (AvgIpc) is 2.35. The zero-order chi connectivity index (χ0) is 13.1. The number of halogens is 2. The quantitative estimate of drug-likeness (QED) is 0.807. The SMILES string of the molecule is Cc1c(Br)cccc1C(=O)Nc1cccnc1Br. The number of hydrogen-bond donors (Lipinski definition) is 1. The third kappa shape index (κ3) is 2.79. The molecule has 3 nitrogen and oxygen atoms in total. The van der Waals surface area contributed by atoms with Crippen molar-refractivity contribution in [3.63, 3.8) is 0 Å². The Bertz CT molecular complexity index is 599. The lowest BCUT2D eigenvalue weighted by Gasteiger charge is -2.09. The van der Waals surface area contributed by atoms with E-state index in [1.165, 1.54) is 0 Å². The molecule has 2 rings (SSSR count). The average molecular weight is 370 g/mol. The summed E-state index contributed by atoms with van der Waals surface area (Å²) >= 11 is 6.71. The second-order valence-electron chi connectivity index (χ2n) is 3.71. The number of carbonyl (C=O) groups excluding carboxylic acids is 1. The molecule has 18 heavy (non-hydrogen) atoms. The number of pyridine rings is 1. The van der Waals surface area contributed by atoms with Gasteiger partial charge in [0.25, 0.3) is 5.91 Å². The minimum atomic E-state index is -0.150. The van der Waals surface area contributed by atoms with Crippen LogP contribution in [0.4, 0.5) is 5.69 Å². The molecule has 1 aromatic heterocycles. The lowest BCUT2D eigenvalue weighted by atomic mass is 10.1. The van der Waals surface area contributed by atoms with Gasteiger partial charge in [-0.1, -0.05) is 22.0 Å². The Balaban J connectivity index is 2.28. The van der Waals surface area contributed by atoms with E-state index in [9.17, 15) is 4.79 Å². The van der Waals surface area contributed by atoms with Gasteiger partial charge in [0.2, 0.25) is 0 Å². The number of anilines is 1. The molecule has 0 aliphatic carbocycles. The van der Waals surface area contributed by atoms with Crippen molar-refractivity contribution in [2.75, 3.05) is 5.32 Å². The van der Waals surface area contributed by atoms with Crippen molar-refractivity contribution in [2.24, 2.45) is 0 Å². The third-order valence-corrected chi connectivity index (χ3v) is 4.01. The second-order valence-corrected chi connectivity index (χ2v) is 5.31. The molecule has 1 heterocycles. The standard InChI is InChI=1S/C13H10Br2N2O/c1-8-9(4-2-5-10(8)14)13(18)17-11-6-3-7-16-12(11)15/h2-7H,1H3,(H,17,18). The number of carbonyl (C=O) groups is 1. The summed E-state index contributed by atoms with van der Waals surface area (Å²) in [6, 6.07) is 9.10. The van der Waals surface area contributed by atoms with Crippen LogP contribution in [0.25, 0.3) is 0 Å². The van der Waals surface area contributed by atoms with Crippen LogP contribution in [0.2, 0.25) is 0 Å². The molecule has 2 aromatic rings. The van der Waals surface area contributed by atoms with Crippen molar-refractivity contribution < 1.29 is 4.79 Å². The first-order chi connectivity index (χ1) is 8.59. The predicted octanol–water partition coefficient (Wildman–Crippen LogP) is 4.17. The molecular weight excluding hydrogens is 360 g/mol. The highest BCUT2D eigenvalue weighted by atomic mass is 79.9. The van der Waals surface area contributed by atoms with E-state index in [1.54, 1.807) is 24.4 Å². The molecule has 1 N–H and O–H groups in total. The van der Waals surface area contributed by atoms with Crippen LogP contribution in [0.5, 0.6) is 0 Å². The minimum Gasteiger partial charge on any atom is -0.320 e. The first-order valence-corrected chi connectivity index (χ1v) is 6.85. The zero-order valence-electron chi connectivity index (χ0n) is 9.58. The van der Waals surface area contributed by atoms with Crippen molar-refractivity contribution in [3.8, 4) is 0 Å². The molecule has 0 aliphatic heterocycles. The maximum atomic E-state index is 12.2. The summed E-state index contributed by atoms with van der Waals surface area (Å²) in [4.78, 5) is 16.2. The monoisotopic (exact) mass is 368 g/mol. The van der Waals surface area contributed by atoms with Crippen LogP contribution in [0.15, 0.2) is 45.6 Å². The van der Waals surface area contributed by atoms with Crippen molar-refractivity contribution in [3.05, 3.63) is 56.7 Å². The highest BCUT2D eigenvalue weighted by Crippen LogP contribution is 2.22. The summed E-state index contributed by atoms with van der Waals surface area (Å²) in [5, 5.41) is 2.83. The number of aromatic nitrogens is 1. The van der Waals surface area contributed by atoms with Crippen LogP contribution in [0.3, 0.4) is 0 Å². The molecule has 0 unspecified atom stereocenters. The van der Waals surface area contributed by atoms with Crippen LogP contribution in [-0.2, 0) is 0 Å². The fourth-order valence-electron chi connectivity index (χ4n) is 1.52. The maximum absolute atomic E-state index is 12.2. The molecule has 0 atom stereocenters. The van der Waals surface area contributed by atoms with Gasteiger partial charge in [-0.05, 0) is 52.7 Å². The number of hydrogen-bond acceptors (Lipinski definition) is 2. The topological polar surface area (TPSA) is 42.0 Å². The summed E-state index contributed by atoms with van der Waals surface area (Å²) in [6.45, 7) is 1.90. The van der Waals surface area contributed by atoms with Gasteiger partial charge in [0.05, 0.1) is 5.69 Å². The zero-order valence-corrected chi connectivity index (χ0v) is 12.7. The van der Waals surface area contributed by atoms with Crippen LogP contribution in [0.1, 0.15) is 15.9 Å². The summed E-state index contributed by atoms with van der Waals surface area (Å²) in [5.41, 5.74) is 2.21. The van der Waals surface area contributed by atoms with Gasteiger partial charge in [0.1, 0.15) is 4.60 Å². The van der Waals surface area contributed by atoms with E-state index in [-0.39, 0.29) is 5.91 Å². The molecular formula is C13H10Br2N2O. The Morgan fingerprint density at radius 3 is 2.72 bits per heavy atom. The molecule has 1 aromatic carbocycles.